The zero-order valence-electron chi connectivity index (χ0n) is 13.5. The van der Waals surface area contributed by atoms with E-state index in [4.69, 9.17) is 16.0 Å². The van der Waals surface area contributed by atoms with E-state index in [2.05, 4.69) is 15.5 Å². The van der Waals surface area contributed by atoms with Crippen LogP contribution in [-0.4, -0.2) is 20.9 Å². The van der Waals surface area contributed by atoms with Gasteiger partial charge in [0.2, 0.25) is 5.91 Å². The number of halogens is 1. The molecule has 6 nitrogen and oxygen atoms in total. The summed E-state index contributed by atoms with van der Waals surface area (Å²) in [7, 11) is 0. The number of hydrogen-bond donors (Lipinski definition) is 1. The minimum absolute atomic E-state index is 0.321. The van der Waals surface area contributed by atoms with Gasteiger partial charge in [-0.25, -0.2) is 0 Å². The largest absolute Gasteiger partial charge is 0.465 e. The highest BCUT2D eigenvalue weighted by atomic mass is 35.5. The van der Waals surface area contributed by atoms with Crippen LogP contribution in [0.2, 0.25) is 5.02 Å². The van der Waals surface area contributed by atoms with Gasteiger partial charge in [0, 0.05) is 6.08 Å². The van der Waals surface area contributed by atoms with Gasteiger partial charge in [0.25, 0.3) is 0 Å². The van der Waals surface area contributed by atoms with Gasteiger partial charge in [-0.1, -0.05) is 29.8 Å². The maximum absolute atomic E-state index is 12.1. The number of hydrogen-bond acceptors (Lipinski definition) is 4. The molecule has 0 fully saturated rings. The van der Waals surface area contributed by atoms with E-state index in [9.17, 15) is 4.79 Å². The average Bonchev–Trinajstić information content (AvgIpc) is 3.30. The molecule has 0 unspecified atom stereocenters. The van der Waals surface area contributed by atoms with Gasteiger partial charge in [-0.15, -0.1) is 10.2 Å². The number of carbonyl (C=O) groups is 1. The molecule has 0 aliphatic carbocycles. The van der Waals surface area contributed by atoms with E-state index < -0.39 is 0 Å². The molecular weight excluding hydrogens is 352 g/mol. The van der Waals surface area contributed by atoms with Crippen molar-refractivity contribution in [3.05, 3.63) is 77.7 Å². The number of benzene rings is 2. The minimum Gasteiger partial charge on any atom is -0.465 e. The number of aromatic nitrogens is 3. The van der Waals surface area contributed by atoms with Gasteiger partial charge in [-0.05, 0) is 42.5 Å². The maximum atomic E-state index is 12.1. The van der Waals surface area contributed by atoms with Crippen LogP contribution in [0.25, 0.3) is 22.8 Å². The Morgan fingerprint density at radius 2 is 1.85 bits per heavy atom. The molecule has 1 N–H and O–H groups in total. The van der Waals surface area contributed by atoms with Crippen LogP contribution in [0, 0.1) is 0 Å². The van der Waals surface area contributed by atoms with E-state index in [0.717, 1.165) is 5.69 Å². The summed E-state index contributed by atoms with van der Waals surface area (Å²) in [6, 6.07) is 16.4. The van der Waals surface area contributed by atoms with Crippen LogP contribution in [0.4, 0.5) is 5.69 Å². The number of furan rings is 1. The van der Waals surface area contributed by atoms with E-state index in [0.29, 0.717) is 27.5 Å². The third-order valence-electron chi connectivity index (χ3n) is 3.66. The zero-order chi connectivity index (χ0) is 17.9. The van der Waals surface area contributed by atoms with Crippen molar-refractivity contribution in [2.75, 3.05) is 5.32 Å². The van der Waals surface area contributed by atoms with Crippen molar-refractivity contribution in [2.24, 2.45) is 0 Å². The summed E-state index contributed by atoms with van der Waals surface area (Å²) in [4.78, 5) is 13.6. The van der Waals surface area contributed by atoms with Crippen LogP contribution in [-0.2, 0) is 4.79 Å². The van der Waals surface area contributed by atoms with Crippen molar-refractivity contribution in [2.45, 2.75) is 0 Å². The second-order valence-corrected chi connectivity index (χ2v) is 5.89. The van der Waals surface area contributed by atoms with Crippen LogP contribution in [0.3, 0.4) is 0 Å². The van der Waals surface area contributed by atoms with Gasteiger partial charge >= 0.3 is 0 Å². The molecule has 0 saturated heterocycles. The first-order valence-electron chi connectivity index (χ1n) is 7.84. The Kier molecular flexibility index (Phi) is 4.25. The predicted molar refractivity (Wildman–Crippen MR) is 100 cm³/mol. The summed E-state index contributed by atoms with van der Waals surface area (Å²) in [5.74, 6) is 0.269. The highest BCUT2D eigenvalue weighted by Gasteiger charge is 2.10. The van der Waals surface area contributed by atoms with E-state index in [1.165, 1.54) is 10.9 Å². The van der Waals surface area contributed by atoms with Crippen molar-refractivity contribution < 1.29 is 9.21 Å². The second kappa shape index (κ2) is 6.85. The number of nitrogens with zero attached hydrogens (tertiary/aromatic N) is 3. The van der Waals surface area contributed by atoms with E-state index >= 15 is 0 Å². The van der Waals surface area contributed by atoms with Crippen molar-refractivity contribution in [3.8, 4) is 5.69 Å². The smallest absolute Gasteiger partial charge is 0.248 e. The van der Waals surface area contributed by atoms with Gasteiger partial charge in [0.15, 0.2) is 0 Å². The fraction of sp³-hybridized carbons (Fsp3) is 0. The summed E-state index contributed by atoms with van der Waals surface area (Å²) in [5.41, 5.74) is 2.58. The number of anilines is 1. The molecule has 0 aliphatic heterocycles. The Hall–Kier alpha value is -3.38. The molecular formula is C19H13ClN4O2. The quantitative estimate of drug-likeness (QED) is 0.547. The number of nitrogens with one attached hydrogen (secondary N) is 1. The topological polar surface area (TPSA) is 73.0 Å². The molecule has 4 aromatic rings. The Morgan fingerprint density at radius 1 is 1.08 bits per heavy atom. The summed E-state index contributed by atoms with van der Waals surface area (Å²) in [6.45, 7) is 0. The van der Waals surface area contributed by atoms with Gasteiger partial charge in [0.1, 0.15) is 16.8 Å². The summed E-state index contributed by atoms with van der Waals surface area (Å²) < 4.78 is 5.15. The third kappa shape index (κ3) is 3.36. The number of carbonyl (C=O) groups excluding carboxylic acids is 1. The van der Waals surface area contributed by atoms with E-state index in [1.54, 1.807) is 36.6 Å². The lowest BCUT2D eigenvalue weighted by atomic mass is 10.2. The molecule has 2 aromatic heterocycles. The van der Waals surface area contributed by atoms with Crippen molar-refractivity contribution in [3.63, 3.8) is 0 Å². The van der Waals surface area contributed by atoms with Crippen LogP contribution >= 0.6 is 11.6 Å². The Bertz CT molecular complexity index is 1090. The molecule has 1 amide bonds. The minimum atomic E-state index is -0.321. The number of para-hydroxylation sites is 1. The zero-order valence-corrected chi connectivity index (χ0v) is 14.2. The first-order valence-corrected chi connectivity index (χ1v) is 8.21. The summed E-state index contributed by atoms with van der Waals surface area (Å²) in [6.07, 6.45) is 4.49. The highest BCUT2D eigenvalue weighted by Crippen LogP contribution is 2.27. The molecule has 0 saturated carbocycles. The summed E-state index contributed by atoms with van der Waals surface area (Å²) in [5, 5.41) is 12.0. The van der Waals surface area contributed by atoms with Gasteiger partial charge in [-0.2, -0.15) is 4.80 Å². The Morgan fingerprint density at radius 3 is 2.58 bits per heavy atom. The Labute approximate surface area is 153 Å². The van der Waals surface area contributed by atoms with E-state index in [1.807, 2.05) is 30.3 Å². The molecule has 2 aromatic carbocycles. The first kappa shape index (κ1) is 16.1. The molecule has 0 atom stereocenters. The Balaban J connectivity index is 1.59. The normalized spacial score (nSPS) is 11.3. The lowest BCUT2D eigenvalue weighted by molar-refractivity contribution is -0.111. The average molecular weight is 365 g/mol. The molecule has 0 aliphatic rings. The third-order valence-corrected chi connectivity index (χ3v) is 3.97. The number of fused-ring (bicyclic) bond motifs is 1. The fourth-order valence-corrected chi connectivity index (χ4v) is 2.63. The molecule has 7 heteroatoms. The SMILES string of the molecule is O=C(/C=C/c1ccco1)Nc1cc2nn(-c3ccccc3)nc2cc1Cl. The van der Waals surface area contributed by atoms with Crippen molar-refractivity contribution in [1.29, 1.82) is 0 Å². The van der Waals surface area contributed by atoms with Gasteiger partial charge < -0.3 is 9.73 Å². The van der Waals surface area contributed by atoms with Crippen molar-refractivity contribution >= 4 is 40.3 Å². The van der Waals surface area contributed by atoms with Crippen LogP contribution in [0.5, 0.6) is 0 Å². The highest BCUT2D eigenvalue weighted by molar-refractivity contribution is 6.34. The molecule has 4 rings (SSSR count). The maximum Gasteiger partial charge on any atom is 0.248 e. The number of amides is 1. The van der Waals surface area contributed by atoms with Gasteiger partial charge in [0.05, 0.1) is 22.7 Å². The molecule has 26 heavy (non-hydrogen) atoms. The standard InChI is InChI=1S/C19H13ClN4O2/c20-15-11-17-18(23-24(22-17)13-5-2-1-3-6-13)12-16(15)21-19(25)9-8-14-7-4-10-26-14/h1-12H,(H,21,25)/b9-8+. The van der Waals surface area contributed by atoms with Crippen LogP contribution in [0.15, 0.2) is 71.4 Å². The number of rotatable bonds is 4. The molecule has 128 valence electrons. The fourth-order valence-electron chi connectivity index (χ4n) is 2.43. The lowest BCUT2D eigenvalue weighted by Gasteiger charge is -2.04. The van der Waals surface area contributed by atoms with Crippen LogP contribution < -0.4 is 5.32 Å². The first-order chi connectivity index (χ1) is 12.7. The summed E-state index contributed by atoms with van der Waals surface area (Å²) >= 11 is 6.27. The monoisotopic (exact) mass is 364 g/mol. The molecule has 2 heterocycles. The van der Waals surface area contributed by atoms with Gasteiger partial charge in [-0.3, -0.25) is 4.79 Å². The molecule has 0 radical (unpaired) electrons. The van der Waals surface area contributed by atoms with Crippen molar-refractivity contribution in [1.82, 2.24) is 15.0 Å². The predicted octanol–water partition coefficient (Wildman–Crippen LogP) is 4.32. The van der Waals surface area contributed by atoms with Crippen LogP contribution in [0.1, 0.15) is 5.76 Å². The second-order valence-electron chi connectivity index (χ2n) is 5.48. The molecule has 0 spiro atoms. The van der Waals surface area contributed by atoms with E-state index in [-0.39, 0.29) is 5.91 Å². The molecule has 0 bridgehead atoms. The lowest BCUT2D eigenvalue weighted by Crippen LogP contribution is -2.08.